The summed E-state index contributed by atoms with van der Waals surface area (Å²) in [6.07, 6.45) is 4.64. The smallest absolute Gasteiger partial charge is 0.255 e. The van der Waals surface area contributed by atoms with Crippen molar-refractivity contribution in [3.8, 4) is 0 Å². The Bertz CT molecular complexity index is 412. The number of nitrogens with two attached hydrogens (primary N) is 1. The van der Waals surface area contributed by atoms with Crippen molar-refractivity contribution in [2.75, 3.05) is 18.8 Å². The van der Waals surface area contributed by atoms with Gasteiger partial charge in [-0.1, -0.05) is 28.8 Å². The van der Waals surface area contributed by atoms with Crippen LogP contribution in [-0.2, 0) is 0 Å². The summed E-state index contributed by atoms with van der Waals surface area (Å²) in [4.78, 5) is 14.2. The predicted molar refractivity (Wildman–Crippen MR) is 72.9 cm³/mol. The molecule has 0 saturated carbocycles. The highest BCUT2D eigenvalue weighted by molar-refractivity contribution is 9.10. The Morgan fingerprint density at radius 1 is 1.18 bits per heavy atom. The molecule has 0 spiro atoms. The maximum Gasteiger partial charge on any atom is 0.255 e. The molecule has 1 aliphatic rings. The van der Waals surface area contributed by atoms with Gasteiger partial charge in [0.2, 0.25) is 0 Å². The molecule has 1 aliphatic heterocycles. The minimum absolute atomic E-state index is 0.0666. The van der Waals surface area contributed by atoms with E-state index in [1.807, 2.05) is 11.0 Å². The number of carbonyl (C=O) groups excluding carboxylic acids is 1. The highest BCUT2D eigenvalue weighted by Gasteiger charge is 2.19. The second kappa shape index (κ2) is 5.54. The first kappa shape index (κ1) is 12.4. The lowest BCUT2D eigenvalue weighted by molar-refractivity contribution is 0.0762. The number of carbonyl (C=O) groups is 1. The van der Waals surface area contributed by atoms with Gasteiger partial charge in [0.25, 0.3) is 5.91 Å². The lowest BCUT2D eigenvalue weighted by atomic mass is 10.1. The molecular weight excluding hydrogens is 280 g/mol. The fraction of sp³-hybridized carbons (Fsp3) is 0.462. The van der Waals surface area contributed by atoms with Crippen molar-refractivity contribution in [3.05, 3.63) is 28.2 Å². The van der Waals surface area contributed by atoms with Crippen molar-refractivity contribution >= 4 is 27.5 Å². The summed E-state index contributed by atoms with van der Waals surface area (Å²) < 4.78 is 0.905. The maximum atomic E-state index is 12.3. The van der Waals surface area contributed by atoms with Crippen LogP contribution >= 0.6 is 15.9 Å². The van der Waals surface area contributed by atoms with Crippen LogP contribution in [0.5, 0.6) is 0 Å². The zero-order chi connectivity index (χ0) is 12.3. The second-order valence-electron chi connectivity index (χ2n) is 4.44. The number of likely N-dealkylation sites (tertiary alicyclic amines) is 1. The highest BCUT2D eigenvalue weighted by atomic mass is 79.9. The van der Waals surface area contributed by atoms with E-state index in [1.165, 1.54) is 12.8 Å². The van der Waals surface area contributed by atoms with Gasteiger partial charge in [0.1, 0.15) is 0 Å². The number of benzene rings is 1. The van der Waals surface area contributed by atoms with E-state index < -0.39 is 0 Å². The van der Waals surface area contributed by atoms with Crippen LogP contribution in [-0.4, -0.2) is 23.9 Å². The molecular formula is C13H17BrN2O. The number of hydrogen-bond donors (Lipinski definition) is 1. The molecule has 0 aliphatic carbocycles. The summed E-state index contributed by atoms with van der Waals surface area (Å²) in [6, 6.07) is 5.44. The number of nitrogen functional groups attached to an aromatic ring is 1. The zero-order valence-electron chi connectivity index (χ0n) is 9.79. The van der Waals surface area contributed by atoms with Gasteiger partial charge in [0.15, 0.2) is 0 Å². The van der Waals surface area contributed by atoms with Crippen molar-refractivity contribution < 1.29 is 4.79 Å². The molecule has 0 aromatic heterocycles. The normalized spacial score (nSPS) is 16.6. The van der Waals surface area contributed by atoms with Crippen molar-refractivity contribution in [3.63, 3.8) is 0 Å². The van der Waals surface area contributed by atoms with Crippen LogP contribution < -0.4 is 5.73 Å². The molecule has 0 unspecified atom stereocenters. The quantitative estimate of drug-likeness (QED) is 0.810. The third-order valence-electron chi connectivity index (χ3n) is 3.14. The third-order valence-corrected chi connectivity index (χ3v) is 3.63. The molecule has 0 radical (unpaired) electrons. The number of halogens is 1. The van der Waals surface area contributed by atoms with Crippen molar-refractivity contribution in [1.82, 2.24) is 4.90 Å². The molecule has 3 nitrogen and oxygen atoms in total. The van der Waals surface area contributed by atoms with E-state index in [9.17, 15) is 4.79 Å². The van der Waals surface area contributed by atoms with Crippen LogP contribution in [0.2, 0.25) is 0 Å². The fourth-order valence-electron chi connectivity index (χ4n) is 2.17. The molecule has 1 aromatic rings. The first-order valence-electron chi connectivity index (χ1n) is 6.03. The molecule has 1 amide bonds. The molecule has 1 fully saturated rings. The molecule has 2 N–H and O–H groups in total. The van der Waals surface area contributed by atoms with E-state index in [4.69, 9.17) is 5.73 Å². The minimum atomic E-state index is 0.0666. The Labute approximate surface area is 110 Å². The van der Waals surface area contributed by atoms with Crippen LogP contribution in [0.3, 0.4) is 0 Å². The molecule has 1 saturated heterocycles. The van der Waals surface area contributed by atoms with Crippen molar-refractivity contribution in [1.29, 1.82) is 0 Å². The van der Waals surface area contributed by atoms with Gasteiger partial charge >= 0.3 is 0 Å². The Morgan fingerprint density at radius 2 is 1.82 bits per heavy atom. The topological polar surface area (TPSA) is 46.3 Å². The molecule has 2 rings (SSSR count). The Kier molecular flexibility index (Phi) is 4.05. The molecule has 0 atom stereocenters. The van der Waals surface area contributed by atoms with Gasteiger partial charge in [-0.2, -0.15) is 0 Å². The first-order chi connectivity index (χ1) is 8.18. The van der Waals surface area contributed by atoms with Crippen LogP contribution in [0.25, 0.3) is 0 Å². The average Bonchev–Trinajstić information content (AvgIpc) is 2.56. The van der Waals surface area contributed by atoms with Crippen molar-refractivity contribution in [2.24, 2.45) is 0 Å². The monoisotopic (exact) mass is 296 g/mol. The maximum absolute atomic E-state index is 12.3. The van der Waals surface area contributed by atoms with E-state index >= 15 is 0 Å². The van der Waals surface area contributed by atoms with Gasteiger partial charge in [-0.15, -0.1) is 0 Å². The summed E-state index contributed by atoms with van der Waals surface area (Å²) in [6.45, 7) is 1.71. The molecule has 1 aromatic carbocycles. The lowest BCUT2D eigenvalue weighted by Gasteiger charge is -2.21. The minimum Gasteiger partial charge on any atom is -0.398 e. The van der Waals surface area contributed by atoms with Gasteiger partial charge in [0, 0.05) is 23.2 Å². The van der Waals surface area contributed by atoms with Crippen LogP contribution in [0, 0.1) is 0 Å². The first-order valence-corrected chi connectivity index (χ1v) is 6.82. The summed E-state index contributed by atoms with van der Waals surface area (Å²) in [5.41, 5.74) is 7.06. The number of rotatable bonds is 1. The molecule has 4 heteroatoms. The lowest BCUT2D eigenvalue weighted by Crippen LogP contribution is -2.32. The van der Waals surface area contributed by atoms with Crippen LogP contribution in [0.1, 0.15) is 36.0 Å². The highest BCUT2D eigenvalue weighted by Crippen LogP contribution is 2.21. The summed E-state index contributed by atoms with van der Waals surface area (Å²) in [5.74, 6) is 0.0666. The van der Waals surface area contributed by atoms with Gasteiger partial charge in [-0.05, 0) is 31.0 Å². The number of amides is 1. The van der Waals surface area contributed by atoms with Crippen molar-refractivity contribution in [2.45, 2.75) is 25.7 Å². The van der Waals surface area contributed by atoms with Gasteiger partial charge < -0.3 is 10.6 Å². The summed E-state index contributed by atoms with van der Waals surface area (Å²) >= 11 is 3.35. The van der Waals surface area contributed by atoms with E-state index in [-0.39, 0.29) is 5.91 Å². The van der Waals surface area contributed by atoms with Gasteiger partial charge in [-0.3, -0.25) is 4.79 Å². The Balaban J connectivity index is 2.17. The average molecular weight is 297 g/mol. The van der Waals surface area contributed by atoms with E-state index in [1.54, 1.807) is 12.1 Å². The van der Waals surface area contributed by atoms with Gasteiger partial charge in [0.05, 0.1) is 5.56 Å². The number of nitrogens with zero attached hydrogens (tertiary/aromatic N) is 1. The molecule has 92 valence electrons. The largest absolute Gasteiger partial charge is 0.398 e. The Morgan fingerprint density at radius 3 is 2.41 bits per heavy atom. The molecule has 1 heterocycles. The second-order valence-corrected chi connectivity index (χ2v) is 5.35. The summed E-state index contributed by atoms with van der Waals surface area (Å²) in [5, 5.41) is 0. The van der Waals surface area contributed by atoms with Gasteiger partial charge in [-0.25, -0.2) is 0 Å². The molecule has 17 heavy (non-hydrogen) atoms. The molecule has 0 bridgehead atoms. The van der Waals surface area contributed by atoms with Crippen LogP contribution in [0.4, 0.5) is 5.69 Å². The Hall–Kier alpha value is -1.03. The van der Waals surface area contributed by atoms with E-state index in [2.05, 4.69) is 15.9 Å². The fourth-order valence-corrected chi connectivity index (χ4v) is 2.55. The van der Waals surface area contributed by atoms with E-state index in [0.29, 0.717) is 11.3 Å². The zero-order valence-corrected chi connectivity index (χ0v) is 11.4. The standard InChI is InChI=1S/C13H17BrN2O/c14-10-5-6-11(12(15)9-10)13(17)16-7-3-1-2-4-8-16/h5-6,9H,1-4,7-8,15H2. The van der Waals surface area contributed by atoms with E-state index in [0.717, 1.165) is 30.4 Å². The predicted octanol–water partition coefficient (Wildman–Crippen LogP) is 3.05. The number of anilines is 1. The summed E-state index contributed by atoms with van der Waals surface area (Å²) in [7, 11) is 0. The third kappa shape index (κ3) is 3.00. The number of hydrogen-bond acceptors (Lipinski definition) is 2. The SMILES string of the molecule is Nc1cc(Br)ccc1C(=O)N1CCCCCC1. The van der Waals surface area contributed by atoms with Crippen LogP contribution in [0.15, 0.2) is 22.7 Å².